The Morgan fingerprint density at radius 1 is 1.21 bits per heavy atom. The smallest absolute Gasteiger partial charge is 0.464 e. The summed E-state index contributed by atoms with van der Waals surface area (Å²) in [6.07, 6.45) is 7.92. The zero-order valence-electron chi connectivity index (χ0n) is 20.3. The first kappa shape index (κ1) is 21.5. The lowest BCUT2D eigenvalue weighted by molar-refractivity contribution is -0.199. The molecule has 3 aliphatic heterocycles. The van der Waals surface area contributed by atoms with Gasteiger partial charge in [0.05, 0.1) is 42.0 Å². The molecule has 0 radical (unpaired) electrons. The van der Waals surface area contributed by atoms with Crippen molar-refractivity contribution in [2.45, 2.75) is 89.2 Å². The summed E-state index contributed by atoms with van der Waals surface area (Å²) in [5.74, 6) is 0.888. The van der Waals surface area contributed by atoms with Crippen LogP contribution in [0.1, 0.15) is 59.9 Å². The lowest BCUT2D eigenvalue weighted by Crippen LogP contribution is -2.65. The van der Waals surface area contributed by atoms with Gasteiger partial charge in [0, 0.05) is 6.81 Å². The van der Waals surface area contributed by atoms with E-state index in [1.807, 2.05) is 24.5 Å². The third-order valence-corrected chi connectivity index (χ3v) is 10.1. The summed E-state index contributed by atoms with van der Waals surface area (Å²) in [6, 6.07) is 8.06. The minimum Gasteiger partial charge on any atom is -0.464 e. The molecule has 6 nitrogen and oxygen atoms in total. The molecule has 8 rings (SSSR count). The number of hydrogen-bond donors (Lipinski definition) is 1. The monoisotopic (exact) mass is 465 g/mol. The molecule has 3 saturated carbocycles. The van der Waals surface area contributed by atoms with Crippen molar-refractivity contribution in [2.75, 3.05) is 0 Å². The highest BCUT2D eigenvalue weighted by atomic mass is 16.7. The van der Waals surface area contributed by atoms with Crippen molar-refractivity contribution < 1.29 is 24.7 Å². The second-order valence-corrected chi connectivity index (χ2v) is 12.1. The van der Waals surface area contributed by atoms with E-state index in [9.17, 15) is 4.79 Å². The molecule has 3 aliphatic carbocycles. The van der Waals surface area contributed by atoms with Gasteiger partial charge in [0.2, 0.25) is 5.91 Å². The van der Waals surface area contributed by atoms with Gasteiger partial charge in [-0.3, -0.25) is 4.79 Å². The fourth-order valence-corrected chi connectivity index (χ4v) is 7.92. The molecule has 1 N–H and O–H groups in total. The fraction of sp³-hybridized carbons (Fsp3) is 0.667. The molecule has 3 saturated heterocycles. The molecule has 1 aromatic carbocycles. The average Bonchev–Trinajstić information content (AvgIpc) is 3.60. The first-order valence-corrected chi connectivity index (χ1v) is 13.1. The standard InChI is InChI=1S/C27H34BNO5.H2/c1-26(2)16-11-22(26)27(3)23(12-16)33-28(34-27)24(10-15-14-31-20-7-5-4-6-18(15)20)29-25(30)19-13-17-8-9-21(19)32-17;/h4-7,14,16-17,19,21-24H,8-13H2,1-3H3,(H,29,30);1H/t16-,17+,19+,21-,22-,23+,24-,27-;/m0./s1. The van der Waals surface area contributed by atoms with Gasteiger partial charge in [-0.25, -0.2) is 0 Å². The summed E-state index contributed by atoms with van der Waals surface area (Å²) < 4.78 is 25.2. The number of carbonyl (C=O) groups is 1. The predicted octanol–water partition coefficient (Wildman–Crippen LogP) is 4.54. The maximum atomic E-state index is 13.4. The number of carbonyl (C=O) groups excluding carboxylic acids is 1. The van der Waals surface area contributed by atoms with Crippen molar-refractivity contribution in [3.63, 3.8) is 0 Å². The Morgan fingerprint density at radius 2 is 2.06 bits per heavy atom. The van der Waals surface area contributed by atoms with E-state index in [2.05, 4.69) is 32.2 Å². The Balaban J connectivity index is 0.00000229. The molecule has 6 aliphatic rings. The van der Waals surface area contributed by atoms with Crippen LogP contribution in [0.2, 0.25) is 0 Å². The van der Waals surface area contributed by atoms with Crippen molar-refractivity contribution in [3.05, 3.63) is 36.1 Å². The van der Waals surface area contributed by atoms with Gasteiger partial charge in [-0.2, -0.15) is 0 Å². The zero-order valence-corrected chi connectivity index (χ0v) is 20.3. The van der Waals surface area contributed by atoms with Gasteiger partial charge >= 0.3 is 7.12 Å². The summed E-state index contributed by atoms with van der Waals surface area (Å²) in [6.45, 7) is 6.97. The molecule has 0 spiro atoms. The summed E-state index contributed by atoms with van der Waals surface area (Å²) in [4.78, 5) is 13.4. The number of rotatable bonds is 5. The number of benzene rings is 1. The van der Waals surface area contributed by atoms with Gasteiger partial charge in [0.25, 0.3) is 0 Å². The van der Waals surface area contributed by atoms with Crippen LogP contribution in [-0.4, -0.2) is 42.9 Å². The van der Waals surface area contributed by atoms with Crippen molar-refractivity contribution in [1.29, 1.82) is 0 Å². The second-order valence-electron chi connectivity index (χ2n) is 12.1. The van der Waals surface area contributed by atoms with Gasteiger partial charge in [0.1, 0.15) is 5.58 Å². The number of ether oxygens (including phenoxy) is 1. The number of fused-ring (bicyclic) bond motifs is 3. The minimum absolute atomic E-state index is 0. The summed E-state index contributed by atoms with van der Waals surface area (Å²) in [5, 5.41) is 4.43. The number of amides is 1. The van der Waals surface area contributed by atoms with E-state index in [1.165, 1.54) is 6.42 Å². The van der Waals surface area contributed by atoms with Crippen LogP contribution in [0.3, 0.4) is 0 Å². The first-order valence-electron chi connectivity index (χ1n) is 13.1. The number of para-hydroxylation sites is 1. The largest absolute Gasteiger partial charge is 0.482 e. The predicted molar refractivity (Wildman–Crippen MR) is 130 cm³/mol. The maximum absolute atomic E-state index is 13.4. The van der Waals surface area contributed by atoms with Gasteiger partial charge in [-0.1, -0.05) is 32.0 Å². The van der Waals surface area contributed by atoms with Gasteiger partial charge in [-0.15, -0.1) is 0 Å². The summed E-state index contributed by atoms with van der Waals surface area (Å²) in [7, 11) is -0.470. The second kappa shape index (κ2) is 7.34. The fourth-order valence-electron chi connectivity index (χ4n) is 7.92. The van der Waals surface area contributed by atoms with Crippen molar-refractivity contribution in [1.82, 2.24) is 5.32 Å². The topological polar surface area (TPSA) is 69.9 Å². The molecule has 1 amide bonds. The van der Waals surface area contributed by atoms with E-state index >= 15 is 0 Å². The lowest BCUT2D eigenvalue weighted by atomic mass is 9.43. The normalized spacial score (nSPS) is 40.3. The molecule has 8 atom stereocenters. The van der Waals surface area contributed by atoms with Crippen LogP contribution in [0.25, 0.3) is 11.0 Å². The van der Waals surface area contributed by atoms with Crippen LogP contribution in [-0.2, 0) is 25.3 Å². The third kappa shape index (κ3) is 3.02. The summed E-state index contributed by atoms with van der Waals surface area (Å²) >= 11 is 0. The number of nitrogens with one attached hydrogen (secondary N) is 1. The minimum atomic E-state index is -0.470. The van der Waals surface area contributed by atoms with Crippen LogP contribution in [0.4, 0.5) is 0 Å². The SMILES string of the molecule is CC1(C)[C@@H]2C[C@H]3OB([C@H](Cc4coc5ccccc45)NC(=O)[C@@H]4C[C@H]5CC[C@@H]4O5)O[C@@]3(C)[C@H]1C2.[HH]. The molecule has 2 aromatic rings. The average molecular weight is 465 g/mol. The number of furan rings is 1. The maximum Gasteiger partial charge on any atom is 0.482 e. The van der Waals surface area contributed by atoms with E-state index in [1.54, 1.807) is 0 Å². The van der Waals surface area contributed by atoms with Crippen molar-refractivity contribution in [2.24, 2.45) is 23.2 Å². The highest BCUT2D eigenvalue weighted by Gasteiger charge is 2.68. The van der Waals surface area contributed by atoms with Crippen molar-refractivity contribution in [3.8, 4) is 0 Å². The highest BCUT2D eigenvalue weighted by Crippen LogP contribution is 2.65. The van der Waals surface area contributed by atoms with Crippen LogP contribution in [0.5, 0.6) is 0 Å². The molecule has 1 aromatic heterocycles. The summed E-state index contributed by atoms with van der Waals surface area (Å²) in [5.41, 5.74) is 1.91. The Bertz CT molecular complexity index is 1140. The van der Waals surface area contributed by atoms with Gasteiger partial charge in [-0.05, 0) is 74.3 Å². The highest BCUT2D eigenvalue weighted by molar-refractivity contribution is 6.48. The van der Waals surface area contributed by atoms with E-state index in [0.717, 1.165) is 42.2 Å². The van der Waals surface area contributed by atoms with Crippen LogP contribution >= 0.6 is 0 Å². The van der Waals surface area contributed by atoms with E-state index < -0.39 is 7.12 Å². The Labute approximate surface area is 202 Å². The van der Waals surface area contributed by atoms with Gasteiger partial charge < -0.3 is 23.8 Å². The molecule has 6 fully saturated rings. The van der Waals surface area contributed by atoms with E-state index in [0.29, 0.717) is 18.3 Å². The van der Waals surface area contributed by atoms with Crippen LogP contribution in [0, 0.1) is 23.2 Å². The Kier molecular flexibility index (Phi) is 4.63. The zero-order chi connectivity index (χ0) is 23.2. The van der Waals surface area contributed by atoms with Crippen LogP contribution in [0.15, 0.2) is 34.9 Å². The Hall–Kier alpha value is -1.83. The van der Waals surface area contributed by atoms with E-state index in [-0.39, 0.29) is 48.5 Å². The molecule has 182 valence electrons. The lowest BCUT2D eigenvalue weighted by Gasteiger charge is -2.64. The molecule has 4 bridgehead atoms. The third-order valence-electron chi connectivity index (χ3n) is 10.1. The molecule has 34 heavy (non-hydrogen) atoms. The molecular formula is C27H36BNO5. The molecule has 7 heteroatoms. The molecular weight excluding hydrogens is 429 g/mol. The number of hydrogen-bond acceptors (Lipinski definition) is 5. The van der Waals surface area contributed by atoms with Crippen molar-refractivity contribution >= 4 is 24.0 Å². The first-order chi connectivity index (χ1) is 16.3. The van der Waals surface area contributed by atoms with Gasteiger partial charge in [0.15, 0.2) is 0 Å². The molecule has 4 heterocycles. The quantitative estimate of drug-likeness (QED) is 0.657. The molecule has 0 unspecified atom stereocenters. The van der Waals surface area contributed by atoms with E-state index in [4.69, 9.17) is 18.5 Å². The Morgan fingerprint density at radius 3 is 2.82 bits per heavy atom. The van der Waals surface area contributed by atoms with Crippen LogP contribution < -0.4 is 5.32 Å².